The van der Waals surface area contributed by atoms with E-state index in [1.807, 2.05) is 14.1 Å². The second-order valence-corrected chi connectivity index (χ2v) is 3.31. The van der Waals surface area contributed by atoms with E-state index >= 15 is 0 Å². The van der Waals surface area contributed by atoms with Crippen LogP contribution < -0.4 is 0 Å². The van der Waals surface area contributed by atoms with Gasteiger partial charge in [0.15, 0.2) is 0 Å². The van der Waals surface area contributed by atoms with Crippen molar-refractivity contribution in [1.29, 1.82) is 0 Å². The summed E-state index contributed by atoms with van der Waals surface area (Å²) in [4.78, 5) is 4.08. The maximum Gasteiger partial charge on any atom is 0.126 e. The maximum absolute atomic E-state index is 9.89. The van der Waals surface area contributed by atoms with E-state index in [9.17, 15) is 5.11 Å². The van der Waals surface area contributed by atoms with Crippen molar-refractivity contribution in [3.63, 3.8) is 0 Å². The van der Waals surface area contributed by atoms with Gasteiger partial charge in [-0.25, -0.2) is 4.98 Å². The molecular weight excluding hydrogens is 180 g/mol. The largest absolute Gasteiger partial charge is 0.382 e. The molecule has 0 amide bonds. The van der Waals surface area contributed by atoms with Gasteiger partial charge in [-0.2, -0.15) is 5.10 Å². The van der Waals surface area contributed by atoms with Gasteiger partial charge in [-0.3, -0.25) is 4.68 Å². The summed E-state index contributed by atoms with van der Waals surface area (Å²) in [5, 5.41) is 13.9. The number of imidazole rings is 1. The first-order valence-corrected chi connectivity index (χ1v) is 4.31. The monoisotopic (exact) mass is 192 g/mol. The molecule has 74 valence electrons. The number of aliphatic hydroxyl groups excluding tert-OH is 1. The summed E-state index contributed by atoms with van der Waals surface area (Å²) in [6.07, 6.45) is 6.18. The average molecular weight is 192 g/mol. The van der Waals surface area contributed by atoms with E-state index in [1.165, 1.54) is 0 Å². The van der Waals surface area contributed by atoms with Gasteiger partial charge in [0.2, 0.25) is 0 Å². The zero-order chi connectivity index (χ0) is 10.1. The number of nitrogens with zero attached hydrogens (tertiary/aromatic N) is 4. The molecule has 0 radical (unpaired) electrons. The van der Waals surface area contributed by atoms with Crippen molar-refractivity contribution in [1.82, 2.24) is 19.3 Å². The van der Waals surface area contributed by atoms with Crippen molar-refractivity contribution >= 4 is 0 Å². The first-order chi connectivity index (χ1) is 6.66. The maximum atomic E-state index is 9.89. The van der Waals surface area contributed by atoms with Crippen molar-refractivity contribution in [2.24, 2.45) is 14.1 Å². The Morgan fingerprint density at radius 2 is 2.14 bits per heavy atom. The summed E-state index contributed by atoms with van der Waals surface area (Å²) in [5.41, 5.74) is 1.40. The fraction of sp³-hybridized carbons (Fsp3) is 0.333. The van der Waals surface area contributed by atoms with Crippen LogP contribution in [-0.2, 0) is 14.1 Å². The lowest BCUT2D eigenvalue weighted by Gasteiger charge is -2.03. The Balaban J connectivity index is 2.28. The summed E-state index contributed by atoms with van der Waals surface area (Å²) in [7, 11) is 3.68. The lowest BCUT2D eigenvalue weighted by Crippen LogP contribution is -1.98. The van der Waals surface area contributed by atoms with Crippen LogP contribution in [0.2, 0.25) is 0 Å². The lowest BCUT2D eigenvalue weighted by atomic mass is 10.1. The Morgan fingerprint density at radius 1 is 1.36 bits per heavy atom. The van der Waals surface area contributed by atoms with Crippen molar-refractivity contribution in [3.8, 4) is 0 Å². The molecule has 0 saturated carbocycles. The highest BCUT2D eigenvalue weighted by atomic mass is 16.3. The van der Waals surface area contributed by atoms with Crippen molar-refractivity contribution in [2.75, 3.05) is 0 Å². The van der Waals surface area contributed by atoms with Crippen LogP contribution in [0.25, 0.3) is 0 Å². The molecule has 2 rings (SSSR count). The van der Waals surface area contributed by atoms with E-state index in [2.05, 4.69) is 10.1 Å². The van der Waals surface area contributed by atoms with E-state index in [1.54, 1.807) is 34.2 Å². The van der Waals surface area contributed by atoms with Crippen LogP contribution in [0.1, 0.15) is 17.4 Å². The molecule has 0 spiro atoms. The summed E-state index contributed by atoms with van der Waals surface area (Å²) < 4.78 is 3.45. The minimum Gasteiger partial charge on any atom is -0.382 e. The van der Waals surface area contributed by atoms with Gasteiger partial charge < -0.3 is 9.67 Å². The first kappa shape index (κ1) is 8.96. The molecule has 2 aromatic heterocycles. The van der Waals surface area contributed by atoms with E-state index in [-0.39, 0.29) is 0 Å². The van der Waals surface area contributed by atoms with Crippen LogP contribution in [0.4, 0.5) is 0 Å². The Hall–Kier alpha value is -1.62. The Labute approximate surface area is 81.6 Å². The predicted molar refractivity (Wildman–Crippen MR) is 50.5 cm³/mol. The van der Waals surface area contributed by atoms with Crippen molar-refractivity contribution < 1.29 is 5.11 Å². The molecule has 0 aromatic carbocycles. The fourth-order valence-corrected chi connectivity index (χ4v) is 1.33. The van der Waals surface area contributed by atoms with Crippen LogP contribution in [0.15, 0.2) is 24.9 Å². The Kier molecular flexibility index (Phi) is 2.09. The molecule has 2 heterocycles. The van der Waals surface area contributed by atoms with Gasteiger partial charge in [0, 0.05) is 32.1 Å². The van der Waals surface area contributed by atoms with Gasteiger partial charge >= 0.3 is 0 Å². The number of aliphatic hydroxyl groups is 1. The van der Waals surface area contributed by atoms with Crippen molar-refractivity contribution in [3.05, 3.63) is 36.2 Å². The third kappa shape index (κ3) is 1.54. The average Bonchev–Trinajstić information content (AvgIpc) is 2.73. The summed E-state index contributed by atoms with van der Waals surface area (Å²) >= 11 is 0. The second kappa shape index (κ2) is 3.26. The number of rotatable bonds is 2. The van der Waals surface area contributed by atoms with Crippen LogP contribution in [-0.4, -0.2) is 24.4 Å². The van der Waals surface area contributed by atoms with Gasteiger partial charge in [0.25, 0.3) is 0 Å². The van der Waals surface area contributed by atoms with Gasteiger partial charge in [-0.15, -0.1) is 0 Å². The molecule has 0 saturated heterocycles. The Morgan fingerprint density at radius 3 is 2.64 bits per heavy atom. The van der Waals surface area contributed by atoms with Gasteiger partial charge in [0.05, 0.1) is 18.2 Å². The summed E-state index contributed by atoms with van der Waals surface area (Å²) in [6, 6.07) is 0. The van der Waals surface area contributed by atoms with E-state index in [0.717, 1.165) is 5.56 Å². The summed E-state index contributed by atoms with van der Waals surface area (Å²) in [6.45, 7) is 0. The molecule has 5 heteroatoms. The van der Waals surface area contributed by atoms with Gasteiger partial charge in [-0.05, 0) is 0 Å². The van der Waals surface area contributed by atoms with Crippen LogP contribution in [0, 0.1) is 0 Å². The molecule has 0 bridgehead atoms. The first-order valence-electron chi connectivity index (χ1n) is 4.31. The predicted octanol–water partition coefficient (Wildman–Crippen LogP) is 0.235. The highest BCUT2D eigenvalue weighted by Crippen LogP contribution is 2.18. The molecule has 1 atom stereocenters. The number of hydrogen-bond donors (Lipinski definition) is 1. The second-order valence-electron chi connectivity index (χ2n) is 3.31. The molecule has 0 aliphatic heterocycles. The minimum absolute atomic E-state index is 0.639. The molecular formula is C9H12N4O. The van der Waals surface area contributed by atoms with Crippen molar-refractivity contribution in [2.45, 2.75) is 6.10 Å². The highest BCUT2D eigenvalue weighted by molar-refractivity contribution is 5.19. The van der Waals surface area contributed by atoms with E-state index < -0.39 is 6.10 Å². The van der Waals surface area contributed by atoms with E-state index in [4.69, 9.17) is 0 Å². The SMILES string of the molecule is Cn1cnc(C(O)c2cnn(C)c2)c1. The third-order valence-corrected chi connectivity index (χ3v) is 2.05. The third-order valence-electron chi connectivity index (χ3n) is 2.05. The number of aromatic nitrogens is 4. The molecule has 1 unspecified atom stereocenters. The zero-order valence-electron chi connectivity index (χ0n) is 8.12. The fourth-order valence-electron chi connectivity index (χ4n) is 1.33. The van der Waals surface area contributed by atoms with Crippen LogP contribution >= 0.6 is 0 Å². The normalized spacial score (nSPS) is 13.1. The summed E-state index contributed by atoms with van der Waals surface area (Å²) in [5.74, 6) is 0. The lowest BCUT2D eigenvalue weighted by molar-refractivity contribution is 0.215. The number of aryl methyl sites for hydroxylation is 2. The standard InChI is InChI=1S/C9H12N4O/c1-12-5-8(10-6-12)9(14)7-3-11-13(2)4-7/h3-6,9,14H,1-2H3. The van der Waals surface area contributed by atoms with Gasteiger partial charge in [-0.1, -0.05) is 0 Å². The quantitative estimate of drug-likeness (QED) is 0.741. The molecule has 0 aliphatic rings. The zero-order valence-corrected chi connectivity index (χ0v) is 8.12. The molecule has 5 nitrogen and oxygen atoms in total. The molecule has 0 aliphatic carbocycles. The Bertz CT molecular complexity index is 391. The van der Waals surface area contributed by atoms with Crippen LogP contribution in [0.3, 0.4) is 0 Å². The molecule has 14 heavy (non-hydrogen) atoms. The topological polar surface area (TPSA) is 55.9 Å². The number of hydrogen-bond acceptors (Lipinski definition) is 3. The highest BCUT2D eigenvalue weighted by Gasteiger charge is 2.14. The molecule has 2 aromatic rings. The molecule has 1 N–H and O–H groups in total. The van der Waals surface area contributed by atoms with Gasteiger partial charge in [0.1, 0.15) is 6.10 Å². The van der Waals surface area contributed by atoms with E-state index in [0.29, 0.717) is 5.69 Å². The molecule has 0 fully saturated rings. The minimum atomic E-state index is -0.690. The van der Waals surface area contributed by atoms with Crippen LogP contribution in [0.5, 0.6) is 0 Å². The smallest absolute Gasteiger partial charge is 0.126 e.